The summed E-state index contributed by atoms with van der Waals surface area (Å²) in [5.41, 5.74) is 11.6. The summed E-state index contributed by atoms with van der Waals surface area (Å²) >= 11 is 0. The normalized spacial score (nSPS) is 12.4. The van der Waals surface area contributed by atoms with Gasteiger partial charge in [0, 0.05) is 35.3 Å². The van der Waals surface area contributed by atoms with Gasteiger partial charge >= 0.3 is 0 Å². The van der Waals surface area contributed by atoms with E-state index in [-0.39, 0.29) is 12.6 Å². The molecule has 0 saturated carbocycles. The zero-order valence-corrected chi connectivity index (χ0v) is 14.2. The van der Waals surface area contributed by atoms with Crippen molar-refractivity contribution in [3.63, 3.8) is 0 Å². The summed E-state index contributed by atoms with van der Waals surface area (Å²) in [6, 6.07) is 19.2. The van der Waals surface area contributed by atoms with Crippen molar-refractivity contribution < 1.29 is 9.63 Å². The van der Waals surface area contributed by atoms with Crippen molar-refractivity contribution in [2.45, 2.75) is 19.1 Å². The maximum atomic E-state index is 9.29. The van der Waals surface area contributed by atoms with E-state index < -0.39 is 0 Å². The van der Waals surface area contributed by atoms with Gasteiger partial charge in [-0.2, -0.15) is 0 Å². The third kappa shape index (κ3) is 3.10. The van der Waals surface area contributed by atoms with Crippen LogP contribution in [0, 0.1) is 0 Å². The molecule has 26 heavy (non-hydrogen) atoms. The van der Waals surface area contributed by atoms with E-state index in [0.717, 1.165) is 33.5 Å². The molecule has 5 nitrogen and oxygen atoms in total. The van der Waals surface area contributed by atoms with Crippen LogP contribution in [-0.2, 0) is 13.0 Å². The summed E-state index contributed by atoms with van der Waals surface area (Å²) in [5.74, 6) is 0. The molecule has 0 bridgehead atoms. The molecule has 0 radical (unpaired) electrons. The number of nitrogens with two attached hydrogens (primary N) is 1. The highest BCUT2D eigenvalue weighted by Gasteiger charge is 2.18. The highest BCUT2D eigenvalue weighted by molar-refractivity contribution is 5.92. The van der Waals surface area contributed by atoms with Gasteiger partial charge in [-0.25, -0.2) is 0 Å². The van der Waals surface area contributed by atoms with Crippen LogP contribution in [0.3, 0.4) is 0 Å². The molecule has 0 aliphatic carbocycles. The second kappa shape index (κ2) is 7.07. The minimum Gasteiger partial charge on any atom is -0.392 e. The molecule has 4 rings (SSSR count). The standard InChI is InChI=1S/C21H19N3O2/c22-19(12-15-5-3-4-10-23-15)16-6-1-2-7-17(16)21-18-9-8-14(13-25)11-20(18)26-24-21/h1-11,19,25H,12-13,22H2. The summed E-state index contributed by atoms with van der Waals surface area (Å²) in [7, 11) is 0. The Bertz CT molecular complexity index is 1030. The number of rotatable bonds is 5. The third-order valence-corrected chi connectivity index (χ3v) is 4.49. The lowest BCUT2D eigenvalue weighted by Gasteiger charge is -2.15. The number of nitrogens with zero attached hydrogens (tertiary/aromatic N) is 2. The van der Waals surface area contributed by atoms with E-state index in [1.165, 1.54) is 0 Å². The number of benzene rings is 2. The minimum atomic E-state index is -0.204. The molecule has 2 aromatic heterocycles. The smallest absolute Gasteiger partial charge is 0.167 e. The molecule has 0 aliphatic rings. The summed E-state index contributed by atoms with van der Waals surface area (Å²) in [4.78, 5) is 4.37. The maximum absolute atomic E-state index is 9.29. The number of aromatic nitrogens is 2. The lowest BCUT2D eigenvalue weighted by atomic mass is 9.94. The van der Waals surface area contributed by atoms with Gasteiger partial charge in [0.1, 0.15) is 5.69 Å². The van der Waals surface area contributed by atoms with Crippen molar-refractivity contribution in [1.29, 1.82) is 0 Å². The van der Waals surface area contributed by atoms with Crippen molar-refractivity contribution in [2.75, 3.05) is 0 Å². The number of hydrogen-bond acceptors (Lipinski definition) is 5. The van der Waals surface area contributed by atoms with E-state index >= 15 is 0 Å². The van der Waals surface area contributed by atoms with Crippen LogP contribution in [0.15, 0.2) is 71.4 Å². The van der Waals surface area contributed by atoms with Crippen molar-refractivity contribution >= 4 is 11.0 Å². The monoisotopic (exact) mass is 345 g/mol. The quantitative estimate of drug-likeness (QED) is 0.577. The number of fused-ring (bicyclic) bond motifs is 1. The van der Waals surface area contributed by atoms with Gasteiger partial charge in [0.2, 0.25) is 0 Å². The molecule has 4 aromatic rings. The molecule has 0 aliphatic heterocycles. The van der Waals surface area contributed by atoms with Crippen LogP contribution < -0.4 is 5.73 Å². The van der Waals surface area contributed by atoms with Crippen molar-refractivity contribution in [3.05, 3.63) is 83.7 Å². The van der Waals surface area contributed by atoms with Gasteiger partial charge in [-0.3, -0.25) is 4.98 Å². The average molecular weight is 345 g/mol. The van der Waals surface area contributed by atoms with E-state index in [9.17, 15) is 5.11 Å². The Hall–Kier alpha value is -3.02. The van der Waals surface area contributed by atoms with Gasteiger partial charge in [0.25, 0.3) is 0 Å². The lowest BCUT2D eigenvalue weighted by Crippen LogP contribution is -2.15. The van der Waals surface area contributed by atoms with E-state index in [2.05, 4.69) is 10.1 Å². The van der Waals surface area contributed by atoms with Crippen molar-refractivity contribution in [3.8, 4) is 11.3 Å². The number of hydrogen-bond donors (Lipinski definition) is 2. The van der Waals surface area contributed by atoms with Crippen LogP contribution in [0.4, 0.5) is 0 Å². The molecule has 0 saturated heterocycles. The molecule has 1 unspecified atom stereocenters. The van der Waals surface area contributed by atoms with Crippen LogP contribution in [0.25, 0.3) is 22.2 Å². The number of aliphatic hydroxyl groups excluding tert-OH is 1. The largest absolute Gasteiger partial charge is 0.392 e. The Kier molecular flexibility index (Phi) is 4.48. The molecule has 130 valence electrons. The topological polar surface area (TPSA) is 85.2 Å². The van der Waals surface area contributed by atoms with Gasteiger partial charge in [-0.1, -0.05) is 41.6 Å². The van der Waals surface area contributed by atoms with Crippen LogP contribution in [0.2, 0.25) is 0 Å². The molecule has 5 heteroatoms. The Morgan fingerprint density at radius 1 is 1.04 bits per heavy atom. The molecule has 1 atom stereocenters. The average Bonchev–Trinajstić information content (AvgIpc) is 3.11. The Balaban J connectivity index is 1.74. The zero-order valence-electron chi connectivity index (χ0n) is 14.2. The highest BCUT2D eigenvalue weighted by Crippen LogP contribution is 2.33. The molecule has 0 spiro atoms. The third-order valence-electron chi connectivity index (χ3n) is 4.49. The van der Waals surface area contributed by atoms with Crippen LogP contribution in [0.5, 0.6) is 0 Å². The van der Waals surface area contributed by atoms with Crippen LogP contribution >= 0.6 is 0 Å². The molecule has 0 amide bonds. The van der Waals surface area contributed by atoms with Crippen LogP contribution in [-0.4, -0.2) is 15.2 Å². The van der Waals surface area contributed by atoms with Crippen molar-refractivity contribution in [1.82, 2.24) is 10.1 Å². The molecular weight excluding hydrogens is 326 g/mol. The summed E-state index contributed by atoms with van der Waals surface area (Å²) in [5, 5.41) is 14.5. The van der Waals surface area contributed by atoms with Gasteiger partial charge in [-0.15, -0.1) is 0 Å². The lowest BCUT2D eigenvalue weighted by molar-refractivity contribution is 0.282. The molecule has 2 heterocycles. The van der Waals surface area contributed by atoms with Gasteiger partial charge in [-0.05, 0) is 35.4 Å². The van der Waals surface area contributed by atoms with E-state index in [1.54, 1.807) is 6.20 Å². The zero-order chi connectivity index (χ0) is 17.9. The van der Waals surface area contributed by atoms with E-state index in [1.807, 2.05) is 60.7 Å². The van der Waals surface area contributed by atoms with Gasteiger partial charge in [0.15, 0.2) is 5.58 Å². The SMILES string of the molecule is NC(Cc1ccccn1)c1ccccc1-c1noc2cc(CO)ccc12. The molecule has 2 aromatic carbocycles. The fourth-order valence-corrected chi connectivity index (χ4v) is 3.16. The fourth-order valence-electron chi connectivity index (χ4n) is 3.16. The highest BCUT2D eigenvalue weighted by atomic mass is 16.5. The second-order valence-corrected chi connectivity index (χ2v) is 6.24. The first-order chi connectivity index (χ1) is 12.8. The number of pyridine rings is 1. The first-order valence-corrected chi connectivity index (χ1v) is 8.50. The predicted molar refractivity (Wildman–Crippen MR) is 100 cm³/mol. The molecular formula is C21H19N3O2. The number of aliphatic hydroxyl groups is 1. The van der Waals surface area contributed by atoms with E-state index in [4.69, 9.17) is 10.3 Å². The molecule has 0 fully saturated rings. The Labute approximate surface area is 151 Å². The Morgan fingerprint density at radius 3 is 2.69 bits per heavy atom. The van der Waals surface area contributed by atoms with Crippen LogP contribution in [0.1, 0.15) is 22.9 Å². The fraction of sp³-hybridized carbons (Fsp3) is 0.143. The minimum absolute atomic E-state index is 0.0302. The van der Waals surface area contributed by atoms with Crippen molar-refractivity contribution in [2.24, 2.45) is 5.73 Å². The van der Waals surface area contributed by atoms with Gasteiger partial charge < -0.3 is 15.4 Å². The Morgan fingerprint density at radius 2 is 1.88 bits per heavy atom. The summed E-state index contributed by atoms with van der Waals surface area (Å²) < 4.78 is 5.48. The molecule has 3 N–H and O–H groups in total. The van der Waals surface area contributed by atoms with Gasteiger partial charge in [0.05, 0.1) is 6.61 Å². The predicted octanol–water partition coefficient (Wildman–Crippen LogP) is 3.62. The summed E-state index contributed by atoms with van der Waals surface area (Å²) in [6.45, 7) is -0.0302. The maximum Gasteiger partial charge on any atom is 0.167 e. The second-order valence-electron chi connectivity index (χ2n) is 6.24. The first kappa shape index (κ1) is 16.4. The van der Waals surface area contributed by atoms with E-state index in [0.29, 0.717) is 12.0 Å². The summed E-state index contributed by atoms with van der Waals surface area (Å²) in [6.07, 6.45) is 2.42. The first-order valence-electron chi connectivity index (χ1n) is 8.50.